The van der Waals surface area contributed by atoms with Crippen LogP contribution in [-0.2, 0) is 6.54 Å². The predicted molar refractivity (Wildman–Crippen MR) is 83.6 cm³/mol. The second-order valence-corrected chi connectivity index (χ2v) is 5.70. The highest BCUT2D eigenvalue weighted by molar-refractivity contribution is 9.10. The van der Waals surface area contributed by atoms with Crippen LogP contribution in [0.2, 0.25) is 0 Å². The van der Waals surface area contributed by atoms with Gasteiger partial charge in [-0.2, -0.15) is 0 Å². The van der Waals surface area contributed by atoms with Gasteiger partial charge in [0.2, 0.25) is 0 Å². The third-order valence-corrected chi connectivity index (χ3v) is 3.22. The van der Waals surface area contributed by atoms with E-state index in [-0.39, 0.29) is 11.9 Å². The molecule has 2 aromatic carbocycles. The smallest absolute Gasteiger partial charge is 0.129 e. The van der Waals surface area contributed by atoms with Gasteiger partial charge in [0.25, 0.3) is 0 Å². The van der Waals surface area contributed by atoms with E-state index in [0.29, 0.717) is 12.1 Å². The first-order valence-electron chi connectivity index (χ1n) is 6.49. The topological polar surface area (TPSA) is 21.3 Å². The van der Waals surface area contributed by atoms with Gasteiger partial charge in [0.15, 0.2) is 0 Å². The maximum absolute atomic E-state index is 13.7. The Morgan fingerprint density at radius 3 is 2.45 bits per heavy atom. The minimum Gasteiger partial charge on any atom is -0.491 e. The lowest BCUT2D eigenvalue weighted by atomic mass is 10.2. The van der Waals surface area contributed by atoms with Crippen molar-refractivity contribution >= 4 is 21.6 Å². The summed E-state index contributed by atoms with van der Waals surface area (Å²) in [5.41, 5.74) is 1.57. The van der Waals surface area contributed by atoms with Crippen molar-refractivity contribution in [1.29, 1.82) is 0 Å². The Balaban J connectivity index is 1.96. The first kappa shape index (κ1) is 14.9. The monoisotopic (exact) mass is 337 g/mol. The molecule has 0 aliphatic rings. The molecule has 2 rings (SSSR count). The number of hydrogen-bond donors (Lipinski definition) is 1. The highest BCUT2D eigenvalue weighted by Gasteiger charge is 2.03. The van der Waals surface area contributed by atoms with Crippen molar-refractivity contribution in [1.82, 2.24) is 0 Å². The van der Waals surface area contributed by atoms with Crippen LogP contribution in [0.1, 0.15) is 19.4 Å². The van der Waals surface area contributed by atoms with Crippen molar-refractivity contribution in [3.8, 4) is 5.75 Å². The molecule has 0 unspecified atom stereocenters. The third-order valence-electron chi connectivity index (χ3n) is 2.72. The molecule has 20 heavy (non-hydrogen) atoms. The summed E-state index contributed by atoms with van der Waals surface area (Å²) in [7, 11) is 0. The van der Waals surface area contributed by atoms with E-state index in [2.05, 4.69) is 21.2 Å². The quantitative estimate of drug-likeness (QED) is 0.829. The Morgan fingerprint density at radius 2 is 1.85 bits per heavy atom. The number of benzene rings is 2. The maximum Gasteiger partial charge on any atom is 0.129 e. The summed E-state index contributed by atoms with van der Waals surface area (Å²) in [6, 6.07) is 12.7. The minimum absolute atomic E-state index is 0.158. The maximum atomic E-state index is 13.7. The van der Waals surface area contributed by atoms with Crippen LogP contribution in [-0.4, -0.2) is 6.10 Å². The van der Waals surface area contributed by atoms with Gasteiger partial charge < -0.3 is 10.1 Å². The summed E-state index contributed by atoms with van der Waals surface area (Å²) in [5, 5.41) is 3.19. The van der Waals surface area contributed by atoms with E-state index in [1.54, 1.807) is 6.07 Å². The average molecular weight is 338 g/mol. The fourth-order valence-electron chi connectivity index (χ4n) is 1.79. The van der Waals surface area contributed by atoms with E-state index in [0.717, 1.165) is 15.9 Å². The fraction of sp³-hybridized carbons (Fsp3) is 0.250. The molecule has 0 aliphatic carbocycles. The van der Waals surface area contributed by atoms with Crippen molar-refractivity contribution in [2.75, 3.05) is 5.32 Å². The molecule has 0 radical (unpaired) electrons. The summed E-state index contributed by atoms with van der Waals surface area (Å²) >= 11 is 3.25. The van der Waals surface area contributed by atoms with Crippen LogP contribution in [0.3, 0.4) is 0 Å². The lowest BCUT2D eigenvalue weighted by Gasteiger charge is -2.11. The SMILES string of the molecule is CC(C)Oc1ccc(NCc2ccc(Br)cc2F)cc1. The molecule has 0 fully saturated rings. The molecular formula is C16H17BrFNO. The van der Waals surface area contributed by atoms with Crippen LogP contribution in [0.5, 0.6) is 5.75 Å². The van der Waals surface area contributed by atoms with Crippen LogP contribution >= 0.6 is 15.9 Å². The number of anilines is 1. The largest absolute Gasteiger partial charge is 0.491 e. The zero-order valence-electron chi connectivity index (χ0n) is 11.5. The van der Waals surface area contributed by atoms with Crippen LogP contribution in [0.25, 0.3) is 0 Å². The molecule has 0 amide bonds. The van der Waals surface area contributed by atoms with Gasteiger partial charge in [-0.15, -0.1) is 0 Å². The lowest BCUT2D eigenvalue weighted by Crippen LogP contribution is -2.05. The molecule has 0 bridgehead atoms. The highest BCUT2D eigenvalue weighted by atomic mass is 79.9. The second-order valence-electron chi connectivity index (χ2n) is 4.78. The summed E-state index contributed by atoms with van der Waals surface area (Å²) in [6.07, 6.45) is 0.158. The number of rotatable bonds is 5. The standard InChI is InChI=1S/C16H17BrFNO/c1-11(2)20-15-7-5-14(6-8-15)19-10-12-3-4-13(17)9-16(12)18/h3-9,11,19H,10H2,1-2H3. The normalized spacial score (nSPS) is 10.7. The molecule has 0 aromatic heterocycles. The summed E-state index contributed by atoms with van der Waals surface area (Å²) < 4.78 is 20.0. The fourth-order valence-corrected chi connectivity index (χ4v) is 2.12. The van der Waals surface area contributed by atoms with Crippen molar-refractivity contribution < 1.29 is 9.13 Å². The van der Waals surface area contributed by atoms with Crippen LogP contribution < -0.4 is 10.1 Å². The molecular weight excluding hydrogens is 321 g/mol. The Hall–Kier alpha value is -1.55. The first-order valence-corrected chi connectivity index (χ1v) is 7.28. The van der Waals surface area contributed by atoms with E-state index in [1.807, 2.05) is 44.2 Å². The van der Waals surface area contributed by atoms with Gasteiger partial charge in [-0.3, -0.25) is 0 Å². The summed E-state index contributed by atoms with van der Waals surface area (Å²) in [4.78, 5) is 0. The molecule has 0 spiro atoms. The summed E-state index contributed by atoms with van der Waals surface area (Å²) in [5.74, 6) is 0.618. The number of halogens is 2. The first-order chi connectivity index (χ1) is 9.54. The number of ether oxygens (including phenoxy) is 1. The Morgan fingerprint density at radius 1 is 1.15 bits per heavy atom. The van der Waals surface area contributed by atoms with Gasteiger partial charge in [-0.1, -0.05) is 22.0 Å². The molecule has 0 aliphatic heterocycles. The van der Waals surface area contributed by atoms with Gasteiger partial charge >= 0.3 is 0 Å². The molecule has 0 saturated heterocycles. The van der Waals surface area contributed by atoms with Crippen molar-refractivity contribution in [2.24, 2.45) is 0 Å². The lowest BCUT2D eigenvalue weighted by molar-refractivity contribution is 0.242. The van der Waals surface area contributed by atoms with Crippen LogP contribution in [0, 0.1) is 5.82 Å². The van der Waals surface area contributed by atoms with E-state index < -0.39 is 0 Å². The van der Waals surface area contributed by atoms with Gasteiger partial charge in [0.05, 0.1) is 6.10 Å². The second kappa shape index (κ2) is 6.75. The minimum atomic E-state index is -0.216. The average Bonchev–Trinajstić information content (AvgIpc) is 2.39. The zero-order chi connectivity index (χ0) is 14.5. The van der Waals surface area contributed by atoms with Crippen molar-refractivity contribution in [2.45, 2.75) is 26.5 Å². The van der Waals surface area contributed by atoms with E-state index in [4.69, 9.17) is 4.74 Å². The molecule has 106 valence electrons. The molecule has 2 aromatic rings. The van der Waals surface area contributed by atoms with Crippen molar-refractivity contribution in [3.63, 3.8) is 0 Å². The van der Waals surface area contributed by atoms with Gasteiger partial charge in [-0.25, -0.2) is 4.39 Å². The van der Waals surface area contributed by atoms with Gasteiger partial charge in [0, 0.05) is 22.3 Å². The molecule has 2 nitrogen and oxygen atoms in total. The van der Waals surface area contributed by atoms with E-state index in [9.17, 15) is 4.39 Å². The number of nitrogens with one attached hydrogen (secondary N) is 1. The molecule has 0 heterocycles. The molecule has 1 N–H and O–H groups in total. The summed E-state index contributed by atoms with van der Waals surface area (Å²) in [6.45, 7) is 4.43. The van der Waals surface area contributed by atoms with Gasteiger partial charge in [0.1, 0.15) is 11.6 Å². The Bertz CT molecular complexity index is 569. The van der Waals surface area contributed by atoms with E-state index in [1.165, 1.54) is 6.07 Å². The van der Waals surface area contributed by atoms with Crippen molar-refractivity contribution in [3.05, 3.63) is 58.3 Å². The Labute approximate surface area is 127 Å². The number of hydrogen-bond acceptors (Lipinski definition) is 2. The molecule has 4 heteroatoms. The highest BCUT2D eigenvalue weighted by Crippen LogP contribution is 2.19. The van der Waals surface area contributed by atoms with Crippen LogP contribution in [0.15, 0.2) is 46.9 Å². The van der Waals surface area contributed by atoms with Gasteiger partial charge in [-0.05, 0) is 50.2 Å². The zero-order valence-corrected chi connectivity index (χ0v) is 13.1. The van der Waals surface area contributed by atoms with Crippen LogP contribution in [0.4, 0.5) is 10.1 Å². The van der Waals surface area contributed by atoms with E-state index >= 15 is 0 Å². The predicted octanol–water partition coefficient (Wildman–Crippen LogP) is 4.99. The third kappa shape index (κ3) is 4.23. The molecule has 0 saturated carbocycles. The Kier molecular flexibility index (Phi) is 5.01. The molecule has 0 atom stereocenters.